The molecule has 1 unspecified atom stereocenters. The highest BCUT2D eigenvalue weighted by Crippen LogP contribution is 2.24. The topological polar surface area (TPSA) is 45.9 Å². The van der Waals surface area contributed by atoms with E-state index in [0.717, 1.165) is 17.1 Å². The molecule has 0 amide bonds. The van der Waals surface area contributed by atoms with Gasteiger partial charge in [-0.1, -0.05) is 6.92 Å². The van der Waals surface area contributed by atoms with Crippen molar-refractivity contribution >= 4 is 11.3 Å². The first-order chi connectivity index (χ1) is 6.81. The molecule has 14 heavy (non-hydrogen) atoms. The Kier molecular flexibility index (Phi) is 4.57. The number of ether oxygens (including phenoxy) is 1. The van der Waals surface area contributed by atoms with Crippen molar-refractivity contribution in [1.82, 2.24) is 4.98 Å². The van der Waals surface area contributed by atoms with Gasteiger partial charge in [0.25, 0.3) is 0 Å². The fraction of sp³-hybridized carbons (Fsp3) is 0.600. The first-order valence-corrected chi connectivity index (χ1v) is 5.62. The zero-order valence-corrected chi connectivity index (χ0v) is 9.30. The number of aromatic nitrogens is 1. The van der Waals surface area contributed by atoms with Gasteiger partial charge in [0.15, 0.2) is 0 Å². The molecule has 0 aliphatic rings. The minimum absolute atomic E-state index is 0.0949. The summed E-state index contributed by atoms with van der Waals surface area (Å²) in [6.07, 6.45) is 1.41. The van der Waals surface area contributed by atoms with Crippen molar-refractivity contribution in [3.8, 4) is 6.07 Å². The van der Waals surface area contributed by atoms with Gasteiger partial charge in [0.2, 0.25) is 0 Å². The lowest BCUT2D eigenvalue weighted by atomic mass is 10.3. The van der Waals surface area contributed by atoms with Gasteiger partial charge in [-0.15, -0.1) is 11.3 Å². The number of nitrogens with zero attached hydrogens (tertiary/aromatic N) is 2. The van der Waals surface area contributed by atoms with Gasteiger partial charge in [-0.2, -0.15) is 5.26 Å². The van der Waals surface area contributed by atoms with Gasteiger partial charge in [-0.3, -0.25) is 0 Å². The van der Waals surface area contributed by atoms with Crippen LogP contribution in [0.15, 0.2) is 5.38 Å². The minimum atomic E-state index is 0.0949. The van der Waals surface area contributed by atoms with Crippen molar-refractivity contribution in [3.63, 3.8) is 0 Å². The first-order valence-electron chi connectivity index (χ1n) is 4.74. The van der Waals surface area contributed by atoms with Crippen molar-refractivity contribution in [2.45, 2.75) is 32.8 Å². The molecule has 0 aliphatic carbocycles. The van der Waals surface area contributed by atoms with E-state index in [0.29, 0.717) is 13.0 Å². The Hall–Kier alpha value is -0.920. The number of hydrogen-bond acceptors (Lipinski definition) is 4. The number of thiazole rings is 1. The quantitative estimate of drug-likeness (QED) is 0.750. The Morgan fingerprint density at radius 3 is 3.00 bits per heavy atom. The highest BCUT2D eigenvalue weighted by Gasteiger charge is 2.13. The van der Waals surface area contributed by atoms with Crippen LogP contribution in [0.1, 0.15) is 37.1 Å². The molecular weight excluding hydrogens is 196 g/mol. The van der Waals surface area contributed by atoms with E-state index in [1.54, 1.807) is 11.3 Å². The largest absolute Gasteiger partial charge is 0.371 e. The molecule has 0 N–H and O–H groups in total. The molecule has 0 fully saturated rings. The van der Waals surface area contributed by atoms with Crippen LogP contribution in [0.25, 0.3) is 0 Å². The fourth-order valence-electron chi connectivity index (χ4n) is 1.20. The van der Waals surface area contributed by atoms with E-state index >= 15 is 0 Å². The lowest BCUT2D eigenvalue weighted by molar-refractivity contribution is 0.0595. The lowest BCUT2D eigenvalue weighted by Gasteiger charge is -2.10. The van der Waals surface area contributed by atoms with Crippen LogP contribution in [0.5, 0.6) is 0 Å². The minimum Gasteiger partial charge on any atom is -0.371 e. The Morgan fingerprint density at radius 2 is 2.43 bits per heavy atom. The van der Waals surface area contributed by atoms with Gasteiger partial charge in [0.05, 0.1) is 18.2 Å². The third kappa shape index (κ3) is 2.79. The Bertz CT molecular complexity index is 316. The summed E-state index contributed by atoms with van der Waals surface area (Å²) in [7, 11) is 0. The lowest BCUT2D eigenvalue weighted by Crippen LogP contribution is -2.02. The molecule has 0 radical (unpaired) electrons. The molecule has 0 spiro atoms. The highest BCUT2D eigenvalue weighted by molar-refractivity contribution is 7.09. The van der Waals surface area contributed by atoms with Crippen LogP contribution in [-0.4, -0.2) is 11.6 Å². The maximum absolute atomic E-state index is 8.51. The van der Waals surface area contributed by atoms with E-state index in [9.17, 15) is 0 Å². The summed E-state index contributed by atoms with van der Waals surface area (Å²) >= 11 is 1.57. The molecule has 0 aromatic carbocycles. The third-order valence-corrected chi connectivity index (χ3v) is 2.83. The molecule has 0 aliphatic heterocycles. The van der Waals surface area contributed by atoms with Gasteiger partial charge in [0.1, 0.15) is 11.1 Å². The zero-order valence-electron chi connectivity index (χ0n) is 8.49. The van der Waals surface area contributed by atoms with E-state index in [1.165, 1.54) is 0 Å². The van der Waals surface area contributed by atoms with Crippen LogP contribution in [-0.2, 0) is 11.2 Å². The summed E-state index contributed by atoms with van der Waals surface area (Å²) in [6, 6.07) is 2.09. The SMILES string of the molecule is CCOC(CC)c1nc(CC#N)cs1. The van der Waals surface area contributed by atoms with E-state index in [-0.39, 0.29) is 6.10 Å². The maximum Gasteiger partial charge on any atom is 0.122 e. The van der Waals surface area contributed by atoms with Crippen LogP contribution >= 0.6 is 11.3 Å². The predicted octanol–water partition coefficient (Wildman–Crippen LogP) is 2.70. The van der Waals surface area contributed by atoms with Crippen LogP contribution < -0.4 is 0 Å². The second-order valence-electron chi connectivity index (χ2n) is 2.86. The van der Waals surface area contributed by atoms with Crippen LogP contribution in [0.2, 0.25) is 0 Å². The molecule has 76 valence electrons. The maximum atomic E-state index is 8.51. The molecule has 0 bridgehead atoms. The predicted molar refractivity (Wildman–Crippen MR) is 56.1 cm³/mol. The first kappa shape index (κ1) is 11.2. The summed E-state index contributed by atoms with van der Waals surface area (Å²) < 4.78 is 5.53. The highest BCUT2D eigenvalue weighted by atomic mass is 32.1. The van der Waals surface area contributed by atoms with E-state index in [1.807, 2.05) is 12.3 Å². The second-order valence-corrected chi connectivity index (χ2v) is 3.75. The van der Waals surface area contributed by atoms with Gasteiger partial charge in [-0.05, 0) is 13.3 Å². The van der Waals surface area contributed by atoms with Crippen molar-refractivity contribution in [3.05, 3.63) is 16.1 Å². The molecule has 1 rings (SSSR count). The average molecular weight is 210 g/mol. The smallest absolute Gasteiger partial charge is 0.122 e. The van der Waals surface area contributed by atoms with Gasteiger partial charge >= 0.3 is 0 Å². The second kappa shape index (κ2) is 5.74. The number of rotatable bonds is 5. The van der Waals surface area contributed by atoms with Crippen molar-refractivity contribution < 1.29 is 4.74 Å². The molecule has 1 atom stereocenters. The summed E-state index contributed by atoms with van der Waals surface area (Å²) in [5.41, 5.74) is 0.852. The zero-order chi connectivity index (χ0) is 10.4. The van der Waals surface area contributed by atoms with Crippen LogP contribution in [0.4, 0.5) is 0 Å². The summed E-state index contributed by atoms with van der Waals surface area (Å²) in [5.74, 6) is 0. The molecule has 4 heteroatoms. The van der Waals surface area contributed by atoms with Crippen molar-refractivity contribution in [1.29, 1.82) is 5.26 Å². The van der Waals surface area contributed by atoms with Gasteiger partial charge < -0.3 is 4.74 Å². The average Bonchev–Trinajstić information content (AvgIpc) is 2.63. The van der Waals surface area contributed by atoms with E-state index < -0.39 is 0 Å². The molecule has 1 aromatic heterocycles. The molecule has 0 saturated carbocycles. The Balaban J connectivity index is 2.69. The fourth-order valence-corrected chi connectivity index (χ4v) is 2.15. The molecule has 0 saturated heterocycles. The normalized spacial score (nSPS) is 12.4. The Morgan fingerprint density at radius 1 is 1.64 bits per heavy atom. The van der Waals surface area contributed by atoms with Crippen molar-refractivity contribution in [2.75, 3.05) is 6.61 Å². The summed E-state index contributed by atoms with van der Waals surface area (Å²) in [6.45, 7) is 4.75. The number of hydrogen-bond donors (Lipinski definition) is 0. The third-order valence-electron chi connectivity index (χ3n) is 1.84. The van der Waals surface area contributed by atoms with Gasteiger partial charge in [0, 0.05) is 12.0 Å². The molecular formula is C10H14N2OS. The summed E-state index contributed by atoms with van der Waals surface area (Å²) in [4.78, 5) is 4.36. The Labute approximate surface area is 88.4 Å². The summed E-state index contributed by atoms with van der Waals surface area (Å²) in [5, 5.41) is 11.4. The standard InChI is InChI=1S/C10H14N2OS/c1-3-9(13-4-2)10-12-8(5-6-11)7-14-10/h7,9H,3-5H2,1-2H3. The van der Waals surface area contributed by atoms with Crippen molar-refractivity contribution in [2.24, 2.45) is 0 Å². The molecule has 1 heterocycles. The van der Waals surface area contributed by atoms with Crippen LogP contribution in [0.3, 0.4) is 0 Å². The molecule has 1 aromatic rings. The van der Waals surface area contributed by atoms with Crippen LogP contribution in [0, 0.1) is 11.3 Å². The van der Waals surface area contributed by atoms with E-state index in [4.69, 9.17) is 10.00 Å². The monoisotopic (exact) mass is 210 g/mol. The molecule has 3 nitrogen and oxygen atoms in total. The van der Waals surface area contributed by atoms with Gasteiger partial charge in [-0.25, -0.2) is 4.98 Å². The number of nitriles is 1. The van der Waals surface area contributed by atoms with E-state index in [2.05, 4.69) is 18.0 Å².